The summed E-state index contributed by atoms with van der Waals surface area (Å²) in [5.74, 6) is -7.05. The number of hydrogen-bond donors (Lipinski definition) is 0. The summed E-state index contributed by atoms with van der Waals surface area (Å²) < 4.78 is 13.9. The molecule has 0 radical (unpaired) electrons. The standard InChI is InChI=1S/C16H18O7/c1-4-23-16(20)13(17)11(10-8-6-5-7-9-10)12(14(18)21-2)15(19)22-3/h5-9,11-12H,4H2,1-3H3/t11-/m1/s1. The van der Waals surface area contributed by atoms with Crippen LogP contribution in [0.1, 0.15) is 18.4 Å². The number of esters is 3. The SMILES string of the molecule is CCOC(=O)C(=O)[C@H](c1ccccc1)C(C(=O)OC)C(=O)OC. The van der Waals surface area contributed by atoms with Crippen LogP contribution < -0.4 is 0 Å². The van der Waals surface area contributed by atoms with Crippen LogP contribution >= 0.6 is 0 Å². The first-order valence-corrected chi connectivity index (χ1v) is 6.89. The highest BCUT2D eigenvalue weighted by Crippen LogP contribution is 2.28. The number of Topliss-reactive ketones (excluding diaryl/α,β-unsaturated/α-hetero) is 1. The maximum Gasteiger partial charge on any atom is 0.375 e. The molecule has 0 aromatic heterocycles. The van der Waals surface area contributed by atoms with E-state index in [4.69, 9.17) is 4.74 Å². The van der Waals surface area contributed by atoms with E-state index in [1.807, 2.05) is 0 Å². The Labute approximate surface area is 133 Å². The molecule has 0 aliphatic heterocycles. The highest BCUT2D eigenvalue weighted by Gasteiger charge is 2.44. The number of carbonyl (C=O) groups is 4. The van der Waals surface area contributed by atoms with Gasteiger partial charge >= 0.3 is 17.9 Å². The van der Waals surface area contributed by atoms with Crippen LogP contribution in [0.15, 0.2) is 30.3 Å². The van der Waals surface area contributed by atoms with Gasteiger partial charge in [-0.2, -0.15) is 0 Å². The molecule has 0 heterocycles. The first-order valence-electron chi connectivity index (χ1n) is 6.89. The Bertz CT molecular complexity index is 563. The molecule has 0 amide bonds. The Morgan fingerprint density at radius 2 is 1.48 bits per heavy atom. The molecule has 0 unspecified atom stereocenters. The topological polar surface area (TPSA) is 96.0 Å². The van der Waals surface area contributed by atoms with Crippen molar-refractivity contribution in [3.8, 4) is 0 Å². The number of benzene rings is 1. The lowest BCUT2D eigenvalue weighted by Crippen LogP contribution is -2.39. The quantitative estimate of drug-likeness (QED) is 0.318. The Kier molecular flexibility index (Phi) is 6.92. The normalized spacial score (nSPS) is 11.5. The molecular formula is C16H18O7. The fraction of sp³-hybridized carbons (Fsp3) is 0.375. The number of rotatable bonds is 7. The van der Waals surface area contributed by atoms with Gasteiger partial charge in [0, 0.05) is 0 Å². The molecular weight excluding hydrogens is 304 g/mol. The molecule has 0 bridgehead atoms. The van der Waals surface area contributed by atoms with Crippen LogP contribution in [-0.4, -0.2) is 44.5 Å². The number of methoxy groups -OCH3 is 2. The van der Waals surface area contributed by atoms with Crippen molar-refractivity contribution in [2.45, 2.75) is 12.8 Å². The molecule has 1 rings (SSSR count). The number of hydrogen-bond acceptors (Lipinski definition) is 7. The van der Waals surface area contributed by atoms with E-state index in [1.165, 1.54) is 12.1 Å². The zero-order chi connectivity index (χ0) is 17.4. The van der Waals surface area contributed by atoms with Gasteiger partial charge in [-0.15, -0.1) is 0 Å². The first-order chi connectivity index (χ1) is 11.0. The Hall–Kier alpha value is -2.70. The Morgan fingerprint density at radius 1 is 0.957 bits per heavy atom. The van der Waals surface area contributed by atoms with Crippen LogP contribution in [0, 0.1) is 5.92 Å². The first kappa shape index (κ1) is 18.3. The molecule has 7 nitrogen and oxygen atoms in total. The van der Waals surface area contributed by atoms with Gasteiger partial charge in [0.2, 0.25) is 5.78 Å². The van der Waals surface area contributed by atoms with Gasteiger partial charge in [0.15, 0.2) is 5.92 Å². The molecule has 0 aliphatic carbocycles. The molecule has 1 atom stereocenters. The van der Waals surface area contributed by atoms with Crippen LogP contribution in [0.3, 0.4) is 0 Å². The summed E-state index contributed by atoms with van der Waals surface area (Å²) in [5.41, 5.74) is 0.311. The maximum absolute atomic E-state index is 12.4. The van der Waals surface area contributed by atoms with E-state index in [9.17, 15) is 19.2 Å². The Balaban J connectivity index is 3.36. The molecule has 0 N–H and O–H groups in total. The summed E-state index contributed by atoms with van der Waals surface area (Å²) >= 11 is 0. The summed E-state index contributed by atoms with van der Waals surface area (Å²) in [4.78, 5) is 48.2. The summed E-state index contributed by atoms with van der Waals surface area (Å²) in [5, 5.41) is 0. The van der Waals surface area contributed by atoms with E-state index in [-0.39, 0.29) is 6.61 Å². The minimum absolute atomic E-state index is 0.00675. The van der Waals surface area contributed by atoms with Gasteiger partial charge in [-0.25, -0.2) is 4.79 Å². The molecule has 0 saturated heterocycles. The summed E-state index contributed by atoms with van der Waals surface area (Å²) in [7, 11) is 2.16. The van der Waals surface area contributed by atoms with Gasteiger partial charge in [-0.3, -0.25) is 14.4 Å². The van der Waals surface area contributed by atoms with Crippen molar-refractivity contribution in [3.63, 3.8) is 0 Å². The van der Waals surface area contributed by atoms with E-state index in [0.29, 0.717) is 5.56 Å². The second-order valence-electron chi connectivity index (χ2n) is 4.50. The minimum Gasteiger partial charge on any atom is -0.468 e. The van der Waals surface area contributed by atoms with E-state index in [2.05, 4.69) is 9.47 Å². The van der Waals surface area contributed by atoms with E-state index >= 15 is 0 Å². The minimum atomic E-state index is -1.59. The highest BCUT2D eigenvalue weighted by atomic mass is 16.5. The lowest BCUT2D eigenvalue weighted by molar-refractivity contribution is -0.163. The molecule has 0 fully saturated rings. The van der Waals surface area contributed by atoms with Crippen molar-refractivity contribution < 1.29 is 33.4 Å². The zero-order valence-electron chi connectivity index (χ0n) is 13.1. The third-order valence-electron chi connectivity index (χ3n) is 3.16. The average Bonchev–Trinajstić information content (AvgIpc) is 2.58. The zero-order valence-corrected chi connectivity index (χ0v) is 13.1. The van der Waals surface area contributed by atoms with Gasteiger partial charge in [0.05, 0.1) is 26.7 Å². The van der Waals surface area contributed by atoms with E-state index < -0.39 is 35.5 Å². The number of ketones is 1. The molecule has 1 aromatic carbocycles. The summed E-state index contributed by atoms with van der Waals surface area (Å²) in [6, 6.07) is 7.99. The smallest absolute Gasteiger partial charge is 0.375 e. The van der Waals surface area contributed by atoms with Gasteiger partial charge < -0.3 is 14.2 Å². The third-order valence-corrected chi connectivity index (χ3v) is 3.16. The van der Waals surface area contributed by atoms with Crippen LogP contribution in [0.4, 0.5) is 0 Å². The molecule has 7 heteroatoms. The van der Waals surface area contributed by atoms with Crippen LogP contribution in [-0.2, 0) is 33.4 Å². The highest BCUT2D eigenvalue weighted by molar-refractivity contribution is 6.37. The molecule has 23 heavy (non-hydrogen) atoms. The fourth-order valence-electron chi connectivity index (χ4n) is 2.11. The van der Waals surface area contributed by atoms with Crippen molar-refractivity contribution in [3.05, 3.63) is 35.9 Å². The van der Waals surface area contributed by atoms with Crippen LogP contribution in [0.5, 0.6) is 0 Å². The maximum atomic E-state index is 12.4. The second kappa shape index (κ2) is 8.67. The van der Waals surface area contributed by atoms with Crippen molar-refractivity contribution in [2.75, 3.05) is 20.8 Å². The van der Waals surface area contributed by atoms with E-state index in [1.54, 1.807) is 25.1 Å². The van der Waals surface area contributed by atoms with Gasteiger partial charge in [0.1, 0.15) is 0 Å². The van der Waals surface area contributed by atoms with Gasteiger partial charge in [0.25, 0.3) is 0 Å². The summed E-state index contributed by atoms with van der Waals surface area (Å²) in [6.07, 6.45) is 0. The lowest BCUT2D eigenvalue weighted by atomic mass is 9.82. The third kappa shape index (κ3) is 4.38. The largest absolute Gasteiger partial charge is 0.468 e. The predicted octanol–water partition coefficient (Wildman–Crippen LogP) is 0.865. The van der Waals surface area contributed by atoms with Gasteiger partial charge in [-0.05, 0) is 12.5 Å². The van der Waals surface area contributed by atoms with Crippen LogP contribution in [0.2, 0.25) is 0 Å². The number of ether oxygens (including phenoxy) is 3. The molecule has 0 spiro atoms. The second-order valence-corrected chi connectivity index (χ2v) is 4.50. The average molecular weight is 322 g/mol. The lowest BCUT2D eigenvalue weighted by Gasteiger charge is -2.21. The van der Waals surface area contributed by atoms with Crippen molar-refractivity contribution in [1.29, 1.82) is 0 Å². The Morgan fingerprint density at radius 3 is 1.91 bits per heavy atom. The fourth-order valence-corrected chi connectivity index (χ4v) is 2.11. The summed E-state index contributed by atoms with van der Waals surface area (Å²) in [6.45, 7) is 1.54. The molecule has 1 aromatic rings. The predicted molar refractivity (Wildman–Crippen MR) is 78.3 cm³/mol. The van der Waals surface area contributed by atoms with Crippen molar-refractivity contribution >= 4 is 23.7 Å². The number of carbonyl (C=O) groups excluding carboxylic acids is 4. The van der Waals surface area contributed by atoms with Gasteiger partial charge in [-0.1, -0.05) is 30.3 Å². The molecule has 0 aliphatic rings. The molecule has 124 valence electrons. The van der Waals surface area contributed by atoms with Crippen molar-refractivity contribution in [1.82, 2.24) is 0 Å². The van der Waals surface area contributed by atoms with Crippen LogP contribution in [0.25, 0.3) is 0 Å². The molecule has 0 saturated carbocycles. The van der Waals surface area contributed by atoms with Crippen molar-refractivity contribution in [2.24, 2.45) is 5.92 Å². The monoisotopic (exact) mass is 322 g/mol. The van der Waals surface area contributed by atoms with E-state index in [0.717, 1.165) is 14.2 Å².